The van der Waals surface area contributed by atoms with Crippen molar-refractivity contribution in [1.29, 1.82) is 0 Å². The van der Waals surface area contributed by atoms with Crippen LogP contribution < -0.4 is 5.32 Å². The Morgan fingerprint density at radius 2 is 2.25 bits per heavy atom. The van der Waals surface area contributed by atoms with Gasteiger partial charge in [0, 0.05) is 18.3 Å². The second kappa shape index (κ2) is 5.44. The van der Waals surface area contributed by atoms with Gasteiger partial charge in [0.15, 0.2) is 0 Å². The predicted molar refractivity (Wildman–Crippen MR) is 67.4 cm³/mol. The molecular weight excluding hydrogens is 196 g/mol. The molecule has 1 aromatic rings. The molecule has 0 saturated heterocycles. The summed E-state index contributed by atoms with van der Waals surface area (Å²) in [6.07, 6.45) is 8.05. The summed E-state index contributed by atoms with van der Waals surface area (Å²) in [6.45, 7) is 4.51. The first-order valence-electron chi connectivity index (χ1n) is 6.55. The van der Waals surface area contributed by atoms with E-state index in [0.29, 0.717) is 12.1 Å². The lowest BCUT2D eigenvalue weighted by Gasteiger charge is -2.28. The van der Waals surface area contributed by atoms with E-state index in [4.69, 9.17) is 0 Å². The molecule has 2 nitrogen and oxygen atoms in total. The van der Waals surface area contributed by atoms with Crippen LogP contribution in [0.5, 0.6) is 0 Å². The van der Waals surface area contributed by atoms with Crippen molar-refractivity contribution < 1.29 is 0 Å². The van der Waals surface area contributed by atoms with Gasteiger partial charge in [-0.1, -0.05) is 19.9 Å². The van der Waals surface area contributed by atoms with Crippen LogP contribution in [-0.4, -0.2) is 11.0 Å². The largest absolute Gasteiger partial charge is 0.306 e. The van der Waals surface area contributed by atoms with E-state index in [-0.39, 0.29) is 0 Å². The minimum Gasteiger partial charge on any atom is -0.306 e. The third kappa shape index (κ3) is 2.43. The second-order valence-electron chi connectivity index (χ2n) is 4.67. The topological polar surface area (TPSA) is 24.9 Å². The smallest absolute Gasteiger partial charge is 0.0605 e. The van der Waals surface area contributed by atoms with E-state index < -0.39 is 0 Å². The molecular formula is C14H22N2. The molecule has 0 radical (unpaired) electrons. The van der Waals surface area contributed by atoms with Gasteiger partial charge in [0.1, 0.15) is 0 Å². The number of fused-ring (bicyclic) bond motifs is 1. The monoisotopic (exact) mass is 218 g/mol. The molecule has 0 saturated carbocycles. The van der Waals surface area contributed by atoms with Crippen LogP contribution in [0.25, 0.3) is 0 Å². The molecule has 0 aliphatic heterocycles. The molecule has 1 N–H and O–H groups in total. The quantitative estimate of drug-likeness (QED) is 0.839. The third-order valence-electron chi connectivity index (χ3n) is 3.62. The summed E-state index contributed by atoms with van der Waals surface area (Å²) in [5.74, 6) is 0. The Balaban J connectivity index is 2.12. The van der Waals surface area contributed by atoms with Crippen molar-refractivity contribution >= 4 is 0 Å². The normalized spacial score (nSPS) is 19.8. The Labute approximate surface area is 98.5 Å². The highest BCUT2D eigenvalue weighted by Gasteiger charge is 2.22. The molecule has 2 heteroatoms. The number of hydrogen-bond donors (Lipinski definition) is 1. The van der Waals surface area contributed by atoms with Gasteiger partial charge >= 0.3 is 0 Å². The lowest BCUT2D eigenvalue weighted by atomic mass is 9.91. The van der Waals surface area contributed by atoms with Crippen molar-refractivity contribution in [1.82, 2.24) is 10.3 Å². The van der Waals surface area contributed by atoms with E-state index in [0.717, 1.165) is 0 Å². The molecule has 0 fully saturated rings. The SMILES string of the molecule is CCC(CC)N[C@@H]1CCCc2cccnc21. The summed E-state index contributed by atoms with van der Waals surface area (Å²) in [5, 5.41) is 3.75. The fourth-order valence-electron chi connectivity index (χ4n) is 2.58. The molecule has 1 aliphatic carbocycles. The number of nitrogens with zero attached hydrogens (tertiary/aromatic N) is 1. The second-order valence-corrected chi connectivity index (χ2v) is 4.67. The number of pyridine rings is 1. The van der Waals surface area contributed by atoms with Crippen LogP contribution in [0.3, 0.4) is 0 Å². The number of aryl methyl sites for hydroxylation is 1. The van der Waals surface area contributed by atoms with Gasteiger partial charge in [-0.25, -0.2) is 0 Å². The fraction of sp³-hybridized carbons (Fsp3) is 0.643. The highest BCUT2D eigenvalue weighted by molar-refractivity contribution is 5.25. The summed E-state index contributed by atoms with van der Waals surface area (Å²) in [7, 11) is 0. The first-order valence-corrected chi connectivity index (χ1v) is 6.55. The zero-order valence-corrected chi connectivity index (χ0v) is 10.4. The van der Waals surface area contributed by atoms with Crippen LogP contribution in [0.2, 0.25) is 0 Å². The van der Waals surface area contributed by atoms with Crippen molar-refractivity contribution in [3.63, 3.8) is 0 Å². The minimum atomic E-state index is 0.481. The van der Waals surface area contributed by atoms with Gasteiger partial charge in [-0.2, -0.15) is 0 Å². The lowest BCUT2D eigenvalue weighted by Crippen LogP contribution is -2.34. The zero-order valence-electron chi connectivity index (χ0n) is 10.4. The number of aromatic nitrogens is 1. The van der Waals surface area contributed by atoms with Gasteiger partial charge in [0.2, 0.25) is 0 Å². The minimum absolute atomic E-state index is 0.481. The first kappa shape index (κ1) is 11.6. The lowest BCUT2D eigenvalue weighted by molar-refractivity contribution is 0.373. The van der Waals surface area contributed by atoms with Crippen LogP contribution >= 0.6 is 0 Å². The molecule has 0 bridgehead atoms. The van der Waals surface area contributed by atoms with Crippen molar-refractivity contribution in [2.75, 3.05) is 0 Å². The average Bonchev–Trinajstić information content (AvgIpc) is 2.36. The Morgan fingerprint density at radius 3 is 3.00 bits per heavy atom. The molecule has 0 aromatic carbocycles. The Bertz CT molecular complexity index is 331. The number of hydrogen-bond acceptors (Lipinski definition) is 2. The molecule has 1 atom stereocenters. The fourth-order valence-corrected chi connectivity index (χ4v) is 2.58. The van der Waals surface area contributed by atoms with E-state index in [9.17, 15) is 0 Å². The predicted octanol–water partition coefficient (Wildman–Crippen LogP) is 3.24. The Kier molecular flexibility index (Phi) is 3.94. The van der Waals surface area contributed by atoms with Crippen molar-refractivity contribution in [2.45, 2.75) is 58.0 Å². The van der Waals surface area contributed by atoms with Crippen LogP contribution in [-0.2, 0) is 6.42 Å². The molecule has 0 unspecified atom stereocenters. The average molecular weight is 218 g/mol. The Morgan fingerprint density at radius 1 is 1.44 bits per heavy atom. The van der Waals surface area contributed by atoms with Crippen molar-refractivity contribution in [3.05, 3.63) is 29.6 Å². The maximum absolute atomic E-state index is 4.56. The third-order valence-corrected chi connectivity index (χ3v) is 3.62. The van der Waals surface area contributed by atoms with Crippen molar-refractivity contribution in [2.24, 2.45) is 0 Å². The van der Waals surface area contributed by atoms with Gasteiger partial charge in [-0.3, -0.25) is 4.98 Å². The summed E-state index contributed by atoms with van der Waals surface area (Å²) in [5.41, 5.74) is 2.73. The molecule has 88 valence electrons. The molecule has 1 aromatic heterocycles. The summed E-state index contributed by atoms with van der Waals surface area (Å²) in [4.78, 5) is 4.56. The van der Waals surface area contributed by atoms with Gasteiger partial charge in [-0.05, 0) is 43.7 Å². The molecule has 1 heterocycles. The van der Waals surface area contributed by atoms with Gasteiger partial charge in [0.25, 0.3) is 0 Å². The number of rotatable bonds is 4. The maximum Gasteiger partial charge on any atom is 0.0605 e. The standard InChI is InChI=1S/C14H22N2/c1-3-12(4-2)16-13-9-5-7-11-8-6-10-15-14(11)13/h6,8,10,12-13,16H,3-5,7,9H2,1-2H3/t13-/m1/s1. The van der Waals surface area contributed by atoms with Gasteiger partial charge in [0.05, 0.1) is 5.69 Å². The zero-order chi connectivity index (χ0) is 11.4. The van der Waals surface area contributed by atoms with Crippen LogP contribution in [0.1, 0.15) is 56.8 Å². The van der Waals surface area contributed by atoms with E-state index in [2.05, 4.69) is 36.3 Å². The Hall–Kier alpha value is -0.890. The summed E-state index contributed by atoms with van der Waals surface area (Å²) in [6, 6.07) is 5.40. The molecule has 2 rings (SSSR count). The summed E-state index contributed by atoms with van der Waals surface area (Å²) >= 11 is 0. The van der Waals surface area contributed by atoms with E-state index in [1.54, 1.807) is 0 Å². The molecule has 0 amide bonds. The number of nitrogens with one attached hydrogen (secondary N) is 1. The van der Waals surface area contributed by atoms with Crippen LogP contribution in [0.4, 0.5) is 0 Å². The van der Waals surface area contributed by atoms with Gasteiger partial charge < -0.3 is 5.32 Å². The highest BCUT2D eigenvalue weighted by Crippen LogP contribution is 2.28. The summed E-state index contributed by atoms with van der Waals surface area (Å²) < 4.78 is 0. The van der Waals surface area contributed by atoms with Crippen LogP contribution in [0.15, 0.2) is 18.3 Å². The molecule has 0 spiro atoms. The molecule has 1 aliphatic rings. The highest BCUT2D eigenvalue weighted by atomic mass is 15.0. The molecule has 16 heavy (non-hydrogen) atoms. The van der Waals surface area contributed by atoms with Gasteiger partial charge in [-0.15, -0.1) is 0 Å². The van der Waals surface area contributed by atoms with Crippen LogP contribution in [0, 0.1) is 0 Å². The van der Waals surface area contributed by atoms with E-state index in [1.165, 1.54) is 43.4 Å². The van der Waals surface area contributed by atoms with E-state index in [1.807, 2.05) is 6.20 Å². The maximum atomic E-state index is 4.56. The first-order chi connectivity index (χ1) is 7.85. The van der Waals surface area contributed by atoms with Crippen molar-refractivity contribution in [3.8, 4) is 0 Å². The van der Waals surface area contributed by atoms with E-state index >= 15 is 0 Å².